The second-order valence-electron chi connectivity index (χ2n) is 10.2. The number of rotatable bonds is 15. The van der Waals surface area contributed by atoms with Crippen molar-refractivity contribution >= 4 is 26.7 Å². The average molecular weight is 566 g/mol. The van der Waals surface area contributed by atoms with Crippen molar-refractivity contribution in [2.24, 2.45) is 17.3 Å². The molecule has 0 bridgehead atoms. The average Bonchev–Trinajstić information content (AvgIpc) is 3.75. The van der Waals surface area contributed by atoms with Crippen molar-refractivity contribution in [2.45, 2.75) is 86.3 Å². The Balaban J connectivity index is 0. The Morgan fingerprint density at radius 2 is 1.45 bits per heavy atom. The summed E-state index contributed by atoms with van der Waals surface area (Å²) in [5, 5.41) is 0. The second-order valence-corrected chi connectivity index (χ2v) is 13.3. The molecule has 1 heterocycles. The molecule has 1 saturated heterocycles. The van der Waals surface area contributed by atoms with E-state index in [1.165, 1.54) is 0 Å². The maximum Gasteiger partial charge on any atom is 0.500 e. The van der Waals surface area contributed by atoms with Crippen LogP contribution in [0.1, 0.15) is 74.1 Å². The van der Waals surface area contributed by atoms with Crippen molar-refractivity contribution in [3.8, 4) is 0 Å². The molecule has 3 atom stereocenters. The first-order valence-electron chi connectivity index (χ1n) is 13.5. The summed E-state index contributed by atoms with van der Waals surface area (Å²) in [6, 6.07) is 0.643. The van der Waals surface area contributed by atoms with E-state index in [0.29, 0.717) is 25.7 Å². The fourth-order valence-electron chi connectivity index (χ4n) is 2.61. The quantitative estimate of drug-likeness (QED) is 0.124. The maximum atomic E-state index is 11.4. The zero-order valence-corrected chi connectivity index (χ0v) is 27.0. The lowest BCUT2D eigenvalue weighted by Crippen LogP contribution is -2.42. The van der Waals surface area contributed by atoms with Crippen LogP contribution in [0.5, 0.6) is 0 Å². The summed E-state index contributed by atoms with van der Waals surface area (Å²) in [7, 11) is 5.78. The first kappa shape index (κ1) is 38.6. The third kappa shape index (κ3) is 16.4. The molecule has 1 rings (SSSR count). The van der Waals surface area contributed by atoms with Crippen molar-refractivity contribution in [1.82, 2.24) is 4.90 Å². The van der Waals surface area contributed by atoms with Gasteiger partial charge in [0, 0.05) is 47.4 Å². The molecule has 0 radical (unpaired) electrons. The Labute approximate surface area is 232 Å². The van der Waals surface area contributed by atoms with Gasteiger partial charge in [-0.15, -0.1) is 0 Å². The number of ether oxygens (including phenoxy) is 3. The Morgan fingerprint density at radius 3 is 1.79 bits per heavy atom. The lowest BCUT2D eigenvalue weighted by atomic mass is 9.91. The predicted octanol–water partition coefficient (Wildman–Crippen LogP) is 4.33. The van der Waals surface area contributed by atoms with Crippen LogP contribution >= 0.6 is 0 Å². The largest absolute Gasteiger partial charge is 0.500 e. The number of carbonyl (C=O) groups excluding carboxylic acids is 3. The minimum atomic E-state index is -2.52. The summed E-state index contributed by atoms with van der Waals surface area (Å²) in [4.78, 5) is 35.4. The summed E-state index contributed by atoms with van der Waals surface area (Å²) in [5.41, 5.74) is -0.352. The smallest absolute Gasteiger partial charge is 0.465 e. The normalized spacial score (nSPS) is 16.1. The van der Waals surface area contributed by atoms with Gasteiger partial charge in [0.2, 0.25) is 5.91 Å². The summed E-state index contributed by atoms with van der Waals surface area (Å²) < 4.78 is 30.9. The SMILES string of the molecule is CCC(C)(C)C(=O)OCC1CO1.CCC(C)C(=O)N(C)C.CCC(C)C(=O)OCCC[Si](OC)(OC)OC. The second kappa shape index (κ2) is 20.4. The van der Waals surface area contributed by atoms with Crippen molar-refractivity contribution < 1.29 is 41.9 Å². The van der Waals surface area contributed by atoms with Gasteiger partial charge in [-0.2, -0.15) is 0 Å². The highest BCUT2D eigenvalue weighted by Gasteiger charge is 2.37. The fraction of sp³-hybridized carbons (Fsp3) is 0.889. The number of amides is 1. The van der Waals surface area contributed by atoms with Crippen LogP contribution in [0.15, 0.2) is 0 Å². The van der Waals surface area contributed by atoms with Crippen molar-refractivity contribution in [2.75, 3.05) is 55.2 Å². The Kier molecular flexibility index (Phi) is 20.7. The van der Waals surface area contributed by atoms with Gasteiger partial charge in [-0.1, -0.05) is 34.6 Å². The monoisotopic (exact) mass is 565 g/mol. The molecular formula is C27H55NO9Si. The number of esters is 2. The minimum Gasteiger partial charge on any atom is -0.465 e. The Morgan fingerprint density at radius 1 is 0.947 bits per heavy atom. The van der Waals surface area contributed by atoms with Crippen molar-refractivity contribution in [3.63, 3.8) is 0 Å². The van der Waals surface area contributed by atoms with E-state index >= 15 is 0 Å². The van der Waals surface area contributed by atoms with Gasteiger partial charge >= 0.3 is 20.7 Å². The maximum absolute atomic E-state index is 11.4. The third-order valence-corrected chi connectivity index (χ3v) is 9.37. The van der Waals surface area contributed by atoms with E-state index < -0.39 is 8.80 Å². The molecule has 1 amide bonds. The van der Waals surface area contributed by atoms with E-state index in [1.54, 1.807) is 40.3 Å². The van der Waals surface area contributed by atoms with E-state index in [0.717, 1.165) is 25.9 Å². The molecule has 0 saturated carbocycles. The molecule has 1 aliphatic rings. The van der Waals surface area contributed by atoms with E-state index in [-0.39, 0.29) is 41.2 Å². The van der Waals surface area contributed by atoms with Gasteiger partial charge in [-0.3, -0.25) is 14.4 Å². The van der Waals surface area contributed by atoms with E-state index in [1.807, 2.05) is 48.5 Å². The van der Waals surface area contributed by atoms with Crippen LogP contribution < -0.4 is 0 Å². The van der Waals surface area contributed by atoms with Crippen LogP contribution in [0.3, 0.4) is 0 Å². The van der Waals surface area contributed by atoms with Crippen LogP contribution in [0.4, 0.5) is 0 Å². The molecule has 38 heavy (non-hydrogen) atoms. The molecule has 0 aromatic heterocycles. The van der Waals surface area contributed by atoms with Gasteiger partial charge in [0.15, 0.2) is 0 Å². The Hall–Kier alpha value is -1.53. The zero-order chi connectivity index (χ0) is 29.9. The number of carbonyl (C=O) groups is 3. The topological polar surface area (TPSA) is 113 Å². The van der Waals surface area contributed by atoms with E-state index in [4.69, 9.17) is 27.5 Å². The molecule has 11 heteroatoms. The lowest BCUT2D eigenvalue weighted by molar-refractivity contribution is -0.154. The van der Waals surface area contributed by atoms with E-state index in [2.05, 4.69) is 0 Å². The van der Waals surface area contributed by atoms with Crippen molar-refractivity contribution in [3.05, 3.63) is 0 Å². The highest BCUT2D eigenvalue weighted by atomic mass is 28.4. The molecule has 0 spiro atoms. The zero-order valence-electron chi connectivity index (χ0n) is 26.0. The van der Waals surface area contributed by atoms with Gasteiger partial charge < -0.3 is 32.4 Å². The van der Waals surface area contributed by atoms with E-state index in [9.17, 15) is 14.4 Å². The number of nitrogens with zero attached hydrogens (tertiary/aromatic N) is 1. The summed E-state index contributed by atoms with van der Waals surface area (Å²) >= 11 is 0. The number of hydrogen-bond donors (Lipinski definition) is 0. The van der Waals surface area contributed by atoms with Gasteiger partial charge in [0.1, 0.15) is 12.7 Å². The molecule has 0 N–H and O–H groups in total. The van der Waals surface area contributed by atoms with Gasteiger partial charge in [-0.25, -0.2) is 0 Å². The molecular weight excluding hydrogens is 510 g/mol. The molecule has 3 unspecified atom stereocenters. The lowest BCUT2D eigenvalue weighted by Gasteiger charge is -2.24. The molecule has 0 aromatic carbocycles. The fourth-order valence-corrected chi connectivity index (χ4v) is 4.30. The minimum absolute atomic E-state index is 0.0377. The summed E-state index contributed by atoms with van der Waals surface area (Å²) in [6.07, 6.45) is 3.38. The summed E-state index contributed by atoms with van der Waals surface area (Å²) in [6.45, 7) is 15.1. The van der Waals surface area contributed by atoms with Crippen LogP contribution in [0, 0.1) is 17.3 Å². The standard InChI is InChI=1S/C11H24O5Si.C9H16O3.C7H15NO/c1-6-10(2)11(12)16-8-7-9-17(13-3,14-4)15-5;1-4-9(2,3)8(10)12-6-7-5-11-7;1-5-6(2)7(9)8(3)4/h10H,6-9H2,1-5H3;7H,4-6H2,1-3H3;6H,5H2,1-4H3. The van der Waals surface area contributed by atoms with Gasteiger partial charge in [0.25, 0.3) is 0 Å². The summed E-state index contributed by atoms with van der Waals surface area (Å²) in [5.74, 6) is 0.0919. The molecule has 1 aliphatic heterocycles. The molecule has 0 aromatic rings. The molecule has 226 valence electrons. The first-order chi connectivity index (χ1) is 17.7. The highest BCUT2D eigenvalue weighted by molar-refractivity contribution is 6.60. The number of epoxide rings is 1. The Bertz CT molecular complexity index is 657. The molecule has 10 nitrogen and oxygen atoms in total. The van der Waals surface area contributed by atoms with Gasteiger partial charge in [0.05, 0.1) is 24.5 Å². The van der Waals surface area contributed by atoms with Gasteiger partial charge in [-0.05, 0) is 39.5 Å². The first-order valence-corrected chi connectivity index (χ1v) is 15.5. The van der Waals surface area contributed by atoms with Crippen LogP contribution in [-0.4, -0.2) is 92.9 Å². The van der Waals surface area contributed by atoms with Crippen LogP contribution in [0.25, 0.3) is 0 Å². The third-order valence-electron chi connectivity index (χ3n) is 6.53. The molecule has 0 aliphatic carbocycles. The number of hydrogen-bond acceptors (Lipinski definition) is 9. The van der Waals surface area contributed by atoms with Crippen LogP contribution in [0.2, 0.25) is 6.04 Å². The molecule has 1 fully saturated rings. The van der Waals surface area contributed by atoms with Crippen LogP contribution in [-0.2, 0) is 41.9 Å². The highest BCUT2D eigenvalue weighted by Crippen LogP contribution is 2.22. The van der Waals surface area contributed by atoms with Crippen molar-refractivity contribution in [1.29, 1.82) is 0 Å². The predicted molar refractivity (Wildman–Crippen MR) is 150 cm³/mol.